The molecule has 0 atom stereocenters. The van der Waals surface area contributed by atoms with E-state index < -0.39 is 0 Å². The molecule has 0 amide bonds. The predicted molar refractivity (Wildman–Crippen MR) is 76.0 cm³/mol. The van der Waals surface area contributed by atoms with Gasteiger partial charge in [-0.1, -0.05) is 0 Å². The molecule has 6 heteroatoms. The molecule has 0 radical (unpaired) electrons. The van der Waals surface area contributed by atoms with Crippen LogP contribution in [-0.4, -0.2) is 33.5 Å². The van der Waals surface area contributed by atoms with Gasteiger partial charge < -0.3 is 15.3 Å². The summed E-state index contributed by atoms with van der Waals surface area (Å²) in [5.41, 5.74) is 2.24. The van der Waals surface area contributed by atoms with E-state index in [-0.39, 0.29) is 5.56 Å². The van der Waals surface area contributed by atoms with Gasteiger partial charge in [0.05, 0.1) is 11.8 Å². The van der Waals surface area contributed by atoms with Gasteiger partial charge in [0.25, 0.3) is 5.56 Å². The lowest BCUT2D eigenvalue weighted by molar-refractivity contribution is 0.645. The van der Waals surface area contributed by atoms with Crippen molar-refractivity contribution in [2.24, 2.45) is 0 Å². The Labute approximate surface area is 110 Å². The Hall–Kier alpha value is -1.27. The van der Waals surface area contributed by atoms with Crippen LogP contribution in [0.15, 0.2) is 17.3 Å². The minimum absolute atomic E-state index is 0.119. The van der Waals surface area contributed by atoms with Crippen molar-refractivity contribution < 1.29 is 0 Å². The van der Waals surface area contributed by atoms with Crippen LogP contribution in [0.5, 0.6) is 0 Å². The molecule has 2 rings (SSSR count). The molecule has 2 aromatic heterocycles. The molecule has 0 spiro atoms. The Morgan fingerprint density at radius 1 is 1.39 bits per heavy atom. The fraction of sp³-hybridized carbons (Fsp3) is 0.500. The molecule has 18 heavy (non-hydrogen) atoms. The van der Waals surface area contributed by atoms with Crippen LogP contribution in [0.4, 0.5) is 0 Å². The number of hydrogen-bond donors (Lipinski definition) is 3. The van der Waals surface area contributed by atoms with Gasteiger partial charge in [-0.15, -0.1) is 0 Å². The van der Waals surface area contributed by atoms with Crippen LogP contribution in [0.2, 0.25) is 0 Å². The third-order valence-corrected chi connectivity index (χ3v) is 3.51. The molecule has 0 saturated carbocycles. The number of nitrogens with one attached hydrogen (secondary N) is 3. The molecule has 2 heterocycles. The van der Waals surface area contributed by atoms with Crippen molar-refractivity contribution in [2.45, 2.75) is 19.4 Å². The van der Waals surface area contributed by atoms with Crippen molar-refractivity contribution in [2.75, 3.05) is 18.6 Å². The van der Waals surface area contributed by atoms with E-state index in [9.17, 15) is 4.79 Å². The van der Waals surface area contributed by atoms with Crippen LogP contribution in [0.3, 0.4) is 0 Å². The molecule has 0 saturated heterocycles. The number of hydrogen-bond acceptors (Lipinski definition) is 4. The van der Waals surface area contributed by atoms with Gasteiger partial charge in [-0.2, -0.15) is 11.8 Å². The second kappa shape index (κ2) is 6.61. The normalized spacial score (nSPS) is 11.2. The van der Waals surface area contributed by atoms with Gasteiger partial charge >= 0.3 is 0 Å². The fourth-order valence-corrected chi connectivity index (χ4v) is 2.35. The highest BCUT2D eigenvalue weighted by Gasteiger charge is 2.06. The van der Waals surface area contributed by atoms with E-state index in [0.29, 0.717) is 5.52 Å². The Morgan fingerprint density at radius 2 is 2.28 bits per heavy atom. The van der Waals surface area contributed by atoms with Gasteiger partial charge in [0.2, 0.25) is 0 Å². The summed E-state index contributed by atoms with van der Waals surface area (Å²) in [6.07, 6.45) is 7.84. The number of aromatic nitrogens is 3. The minimum atomic E-state index is -0.119. The fourth-order valence-electron chi connectivity index (χ4n) is 1.86. The van der Waals surface area contributed by atoms with Crippen molar-refractivity contribution in [3.8, 4) is 0 Å². The van der Waals surface area contributed by atoms with Gasteiger partial charge in [-0.25, -0.2) is 4.98 Å². The first kappa shape index (κ1) is 13.2. The number of nitrogens with zero attached hydrogens (tertiary/aromatic N) is 1. The zero-order valence-electron chi connectivity index (χ0n) is 10.5. The van der Waals surface area contributed by atoms with E-state index in [1.807, 2.05) is 18.0 Å². The van der Waals surface area contributed by atoms with E-state index in [1.165, 1.54) is 24.9 Å². The first-order chi connectivity index (χ1) is 8.83. The van der Waals surface area contributed by atoms with Crippen molar-refractivity contribution >= 4 is 22.8 Å². The molecule has 0 bridgehead atoms. The Morgan fingerprint density at radius 3 is 3.11 bits per heavy atom. The van der Waals surface area contributed by atoms with Crippen LogP contribution < -0.4 is 10.9 Å². The second-order valence-electron chi connectivity index (χ2n) is 4.15. The highest BCUT2D eigenvalue weighted by atomic mass is 32.2. The predicted octanol–water partition coefficient (Wildman–Crippen LogP) is 1.48. The third kappa shape index (κ3) is 3.14. The molecule has 0 aliphatic carbocycles. The maximum atomic E-state index is 11.5. The smallest absolute Gasteiger partial charge is 0.275 e. The largest absolute Gasteiger partial charge is 0.355 e. The van der Waals surface area contributed by atoms with Crippen LogP contribution in [0, 0.1) is 0 Å². The van der Waals surface area contributed by atoms with Crippen molar-refractivity contribution in [3.63, 3.8) is 0 Å². The summed E-state index contributed by atoms with van der Waals surface area (Å²) in [6.45, 7) is 1.74. The summed E-state index contributed by atoms with van der Waals surface area (Å²) < 4.78 is 0. The third-order valence-electron chi connectivity index (χ3n) is 2.82. The number of fused-ring (bicyclic) bond motifs is 1. The SMILES string of the molecule is CSCCCCNCc1c[nH]c2c(=O)[nH]cnc12. The maximum Gasteiger partial charge on any atom is 0.275 e. The van der Waals surface area contributed by atoms with Crippen molar-refractivity contribution in [1.29, 1.82) is 0 Å². The standard InChI is InChI=1S/C12H18N4OS/c1-18-5-3-2-4-13-6-9-7-14-11-10(9)15-8-16-12(11)17/h7-8,13-14H,2-6H2,1H3,(H,15,16,17). The van der Waals surface area contributed by atoms with Crippen molar-refractivity contribution in [1.82, 2.24) is 20.3 Å². The molecular formula is C12H18N4OS. The van der Waals surface area contributed by atoms with E-state index in [1.54, 1.807) is 0 Å². The highest BCUT2D eigenvalue weighted by molar-refractivity contribution is 7.98. The van der Waals surface area contributed by atoms with E-state index >= 15 is 0 Å². The molecule has 0 unspecified atom stereocenters. The van der Waals surface area contributed by atoms with Crippen LogP contribution in [-0.2, 0) is 6.54 Å². The monoisotopic (exact) mass is 266 g/mol. The van der Waals surface area contributed by atoms with Gasteiger partial charge in [-0.3, -0.25) is 4.79 Å². The summed E-state index contributed by atoms with van der Waals surface area (Å²) in [7, 11) is 0. The lowest BCUT2D eigenvalue weighted by Gasteiger charge is -2.02. The summed E-state index contributed by atoms with van der Waals surface area (Å²) in [5.74, 6) is 1.21. The van der Waals surface area contributed by atoms with Crippen LogP contribution >= 0.6 is 11.8 Å². The average molecular weight is 266 g/mol. The summed E-state index contributed by atoms with van der Waals surface area (Å²) in [5, 5.41) is 3.38. The molecule has 2 aromatic rings. The molecule has 0 aromatic carbocycles. The van der Waals surface area contributed by atoms with E-state index in [0.717, 1.165) is 24.2 Å². The number of rotatable bonds is 7. The maximum absolute atomic E-state index is 11.5. The van der Waals surface area contributed by atoms with Gasteiger partial charge in [0, 0.05) is 18.3 Å². The van der Waals surface area contributed by atoms with Crippen molar-refractivity contribution in [3.05, 3.63) is 28.4 Å². The van der Waals surface area contributed by atoms with Gasteiger partial charge in [-0.05, 0) is 31.4 Å². The highest BCUT2D eigenvalue weighted by Crippen LogP contribution is 2.10. The minimum Gasteiger partial charge on any atom is -0.355 e. The van der Waals surface area contributed by atoms with Gasteiger partial charge in [0.1, 0.15) is 5.52 Å². The van der Waals surface area contributed by atoms with Crippen LogP contribution in [0.1, 0.15) is 18.4 Å². The lowest BCUT2D eigenvalue weighted by Crippen LogP contribution is -2.15. The number of aromatic amines is 2. The summed E-state index contributed by atoms with van der Waals surface area (Å²) in [4.78, 5) is 21.2. The molecular weight excluding hydrogens is 248 g/mol. The zero-order valence-corrected chi connectivity index (χ0v) is 11.3. The van der Waals surface area contributed by atoms with Crippen LogP contribution in [0.25, 0.3) is 11.0 Å². The van der Waals surface area contributed by atoms with E-state index in [2.05, 4.69) is 26.5 Å². The topological polar surface area (TPSA) is 73.6 Å². The second-order valence-corrected chi connectivity index (χ2v) is 5.13. The molecule has 3 N–H and O–H groups in total. The first-order valence-corrected chi connectivity index (χ1v) is 7.45. The number of unbranched alkanes of at least 4 members (excludes halogenated alkanes) is 1. The number of H-pyrrole nitrogens is 2. The molecule has 0 aliphatic heterocycles. The molecule has 0 aliphatic rings. The quantitative estimate of drug-likeness (QED) is 0.664. The summed E-state index contributed by atoms with van der Waals surface area (Å²) in [6, 6.07) is 0. The summed E-state index contributed by atoms with van der Waals surface area (Å²) >= 11 is 1.88. The number of thioether (sulfide) groups is 1. The Kier molecular flexibility index (Phi) is 4.83. The molecule has 98 valence electrons. The Balaban J connectivity index is 1.88. The van der Waals surface area contributed by atoms with E-state index in [4.69, 9.17) is 0 Å². The lowest BCUT2D eigenvalue weighted by atomic mass is 10.2. The average Bonchev–Trinajstić information content (AvgIpc) is 2.79. The molecule has 0 fully saturated rings. The Bertz CT molecular complexity index is 548. The first-order valence-electron chi connectivity index (χ1n) is 6.06. The molecule has 5 nitrogen and oxygen atoms in total. The zero-order chi connectivity index (χ0) is 12.8. The van der Waals surface area contributed by atoms with Gasteiger partial charge in [0.15, 0.2) is 0 Å².